The van der Waals surface area contributed by atoms with Crippen molar-refractivity contribution in [3.63, 3.8) is 0 Å². The van der Waals surface area contributed by atoms with Gasteiger partial charge in [-0.1, -0.05) is 40.2 Å². The summed E-state index contributed by atoms with van der Waals surface area (Å²) in [6, 6.07) is 15.0. The molecule has 0 radical (unpaired) electrons. The fourth-order valence-corrected chi connectivity index (χ4v) is 6.91. The fourth-order valence-electron chi connectivity index (χ4n) is 6.52. The minimum atomic E-state index is -1.09. The van der Waals surface area contributed by atoms with Crippen molar-refractivity contribution in [3.05, 3.63) is 58.6 Å². The van der Waals surface area contributed by atoms with Gasteiger partial charge in [0.15, 0.2) is 0 Å². The van der Waals surface area contributed by atoms with Gasteiger partial charge in [-0.3, -0.25) is 19.3 Å². The Hall–Kier alpha value is -2.51. The molecule has 0 aliphatic carbocycles. The third kappa shape index (κ3) is 2.18. The molecule has 4 atom stereocenters. The molecule has 2 aromatic carbocycles. The Morgan fingerprint density at radius 2 is 1.87 bits per heavy atom. The number of benzene rings is 2. The average Bonchev–Trinajstić information content (AvgIpc) is 3.45. The van der Waals surface area contributed by atoms with Crippen molar-refractivity contribution < 1.29 is 14.4 Å². The van der Waals surface area contributed by atoms with Crippen molar-refractivity contribution in [3.8, 4) is 0 Å². The molecule has 4 aliphatic heterocycles. The van der Waals surface area contributed by atoms with Gasteiger partial charge in [0.1, 0.15) is 5.54 Å². The molecule has 0 aromatic heterocycles. The summed E-state index contributed by atoms with van der Waals surface area (Å²) < 4.78 is 0.805. The molecule has 0 unspecified atom stereocenters. The van der Waals surface area contributed by atoms with E-state index < -0.39 is 17.4 Å². The van der Waals surface area contributed by atoms with Crippen LogP contribution in [-0.2, 0) is 19.9 Å². The monoisotopic (exact) mass is 479 g/mol. The van der Waals surface area contributed by atoms with Gasteiger partial charge in [-0.05, 0) is 50.6 Å². The molecule has 4 aliphatic rings. The molecule has 0 saturated carbocycles. The summed E-state index contributed by atoms with van der Waals surface area (Å²) in [5.41, 5.74) is 1.21. The molecule has 2 aromatic rings. The van der Waals surface area contributed by atoms with Crippen molar-refractivity contribution in [2.75, 3.05) is 22.9 Å². The Morgan fingerprint density at radius 1 is 1.06 bits per heavy atom. The zero-order valence-corrected chi connectivity index (χ0v) is 18.7. The van der Waals surface area contributed by atoms with E-state index in [1.807, 2.05) is 43.3 Å². The molecule has 158 valence electrons. The van der Waals surface area contributed by atoms with E-state index >= 15 is 0 Å². The van der Waals surface area contributed by atoms with Crippen LogP contribution in [-0.4, -0.2) is 41.8 Å². The number of fused-ring (bicyclic) bond motifs is 7. The number of hydrogen-bond acceptors (Lipinski definition) is 4. The van der Waals surface area contributed by atoms with Gasteiger partial charge in [0.2, 0.25) is 11.8 Å². The number of halogens is 1. The summed E-state index contributed by atoms with van der Waals surface area (Å²) in [7, 11) is 0. The van der Waals surface area contributed by atoms with Gasteiger partial charge in [0.05, 0.1) is 17.5 Å². The molecule has 3 amide bonds. The van der Waals surface area contributed by atoms with E-state index in [1.165, 1.54) is 4.90 Å². The van der Waals surface area contributed by atoms with E-state index in [0.717, 1.165) is 35.1 Å². The number of anilines is 2. The Kier molecular flexibility index (Phi) is 4.02. The van der Waals surface area contributed by atoms with Gasteiger partial charge in [-0.2, -0.15) is 0 Å². The zero-order chi connectivity index (χ0) is 21.5. The summed E-state index contributed by atoms with van der Waals surface area (Å²) in [5.74, 6) is -1.70. The second kappa shape index (κ2) is 6.50. The predicted octanol–water partition coefficient (Wildman–Crippen LogP) is 3.29. The van der Waals surface area contributed by atoms with Crippen LogP contribution in [0.5, 0.6) is 0 Å². The predicted molar refractivity (Wildman–Crippen MR) is 119 cm³/mol. The van der Waals surface area contributed by atoms with Crippen LogP contribution >= 0.6 is 15.9 Å². The number of carbonyl (C=O) groups is 3. The molecule has 3 fully saturated rings. The molecule has 0 N–H and O–H groups in total. The number of carbonyl (C=O) groups excluding carboxylic acids is 3. The van der Waals surface area contributed by atoms with Crippen LogP contribution in [0.3, 0.4) is 0 Å². The maximum absolute atomic E-state index is 14.0. The highest BCUT2D eigenvalue weighted by Gasteiger charge is 2.75. The van der Waals surface area contributed by atoms with E-state index in [9.17, 15) is 14.4 Å². The minimum Gasteiger partial charge on any atom is -0.310 e. The van der Waals surface area contributed by atoms with E-state index in [2.05, 4.69) is 20.8 Å². The van der Waals surface area contributed by atoms with Crippen molar-refractivity contribution in [1.29, 1.82) is 0 Å². The number of amides is 3. The summed E-state index contributed by atoms with van der Waals surface area (Å²) in [4.78, 5) is 47.0. The average molecular weight is 480 g/mol. The lowest BCUT2D eigenvalue weighted by molar-refractivity contribution is -0.137. The van der Waals surface area contributed by atoms with Crippen LogP contribution in [0.4, 0.5) is 11.4 Å². The van der Waals surface area contributed by atoms with Crippen molar-refractivity contribution in [2.24, 2.45) is 11.8 Å². The van der Waals surface area contributed by atoms with Crippen LogP contribution in [0.25, 0.3) is 0 Å². The Labute approximate surface area is 188 Å². The quantitative estimate of drug-likeness (QED) is 0.620. The van der Waals surface area contributed by atoms with E-state index in [1.54, 1.807) is 17.0 Å². The van der Waals surface area contributed by atoms with Crippen molar-refractivity contribution in [1.82, 2.24) is 4.90 Å². The van der Waals surface area contributed by atoms with Crippen LogP contribution in [0, 0.1) is 11.8 Å². The van der Waals surface area contributed by atoms with Crippen molar-refractivity contribution in [2.45, 2.75) is 31.3 Å². The van der Waals surface area contributed by atoms with Gasteiger partial charge in [0, 0.05) is 28.3 Å². The Balaban J connectivity index is 1.58. The lowest BCUT2D eigenvalue weighted by atomic mass is 9.75. The maximum atomic E-state index is 14.0. The van der Waals surface area contributed by atoms with E-state index in [4.69, 9.17) is 0 Å². The van der Waals surface area contributed by atoms with Crippen LogP contribution in [0.1, 0.15) is 25.3 Å². The van der Waals surface area contributed by atoms with Gasteiger partial charge >= 0.3 is 0 Å². The number of rotatable bonds is 2. The standard InChI is InChI=1S/C24H22BrN3O3/c1-2-26-17-10-4-3-9-16(17)24(23(26)31)20-19(18-11-6-12-27(18)24)21(29)28(22(20)30)15-8-5-7-14(25)13-15/h3-5,7-10,13,18-20H,2,6,11-12H2,1H3/t18-,19-,20+,24+/m1/s1. The number of hydrogen-bond donors (Lipinski definition) is 0. The topological polar surface area (TPSA) is 60.9 Å². The van der Waals surface area contributed by atoms with Crippen molar-refractivity contribution >= 4 is 45.0 Å². The van der Waals surface area contributed by atoms with Crippen LogP contribution in [0.2, 0.25) is 0 Å². The highest BCUT2D eigenvalue weighted by Crippen LogP contribution is 2.61. The van der Waals surface area contributed by atoms with Gasteiger partial charge < -0.3 is 4.90 Å². The Morgan fingerprint density at radius 3 is 2.65 bits per heavy atom. The van der Waals surface area contributed by atoms with E-state index in [-0.39, 0.29) is 23.8 Å². The third-order valence-electron chi connectivity index (χ3n) is 7.53. The molecular weight excluding hydrogens is 458 g/mol. The van der Waals surface area contributed by atoms with E-state index in [0.29, 0.717) is 12.2 Å². The Bertz CT molecular complexity index is 1150. The summed E-state index contributed by atoms with van der Waals surface area (Å²) in [5, 5.41) is 0. The molecule has 0 bridgehead atoms. The SMILES string of the molecule is CCN1C(=O)[C@]2(c3ccccc31)[C@@H]1C(=O)N(c3cccc(Br)c3)C(=O)[C@@H]1[C@H]1CCCN12. The van der Waals surface area contributed by atoms with Crippen LogP contribution in [0.15, 0.2) is 53.0 Å². The summed E-state index contributed by atoms with van der Waals surface area (Å²) in [6.07, 6.45) is 1.76. The first-order chi connectivity index (χ1) is 15.0. The number of para-hydroxylation sites is 1. The fraction of sp³-hybridized carbons (Fsp3) is 0.375. The first-order valence-electron chi connectivity index (χ1n) is 10.8. The number of nitrogens with zero attached hydrogens (tertiary/aromatic N) is 3. The minimum absolute atomic E-state index is 0.0622. The van der Waals surface area contributed by atoms with Crippen LogP contribution < -0.4 is 9.80 Å². The lowest BCUT2D eigenvalue weighted by Crippen LogP contribution is -2.56. The number of likely N-dealkylation sites (N-methyl/N-ethyl adjacent to an activating group) is 1. The number of imide groups is 1. The summed E-state index contributed by atoms with van der Waals surface area (Å²) in [6.45, 7) is 3.22. The molecule has 1 spiro atoms. The molecule has 6 nitrogen and oxygen atoms in total. The van der Waals surface area contributed by atoms with Gasteiger partial charge in [-0.25, -0.2) is 4.90 Å². The highest BCUT2D eigenvalue weighted by molar-refractivity contribution is 9.10. The molecule has 6 rings (SSSR count). The third-order valence-corrected chi connectivity index (χ3v) is 8.02. The van der Waals surface area contributed by atoms with Gasteiger partial charge in [0.25, 0.3) is 5.91 Å². The zero-order valence-electron chi connectivity index (χ0n) is 17.1. The lowest BCUT2D eigenvalue weighted by Gasteiger charge is -2.37. The molecule has 3 saturated heterocycles. The second-order valence-electron chi connectivity index (χ2n) is 8.73. The summed E-state index contributed by atoms with van der Waals surface area (Å²) >= 11 is 3.45. The largest absolute Gasteiger partial charge is 0.310 e. The second-order valence-corrected chi connectivity index (χ2v) is 9.65. The highest BCUT2D eigenvalue weighted by atomic mass is 79.9. The molecular formula is C24H22BrN3O3. The maximum Gasteiger partial charge on any atom is 0.253 e. The smallest absolute Gasteiger partial charge is 0.253 e. The van der Waals surface area contributed by atoms with Gasteiger partial charge in [-0.15, -0.1) is 0 Å². The molecule has 31 heavy (non-hydrogen) atoms. The molecule has 4 heterocycles. The normalized spacial score (nSPS) is 31.7. The first kappa shape index (κ1) is 19.2. The molecule has 7 heteroatoms. The first-order valence-corrected chi connectivity index (χ1v) is 11.6.